The van der Waals surface area contributed by atoms with Gasteiger partial charge < -0.3 is 14.8 Å². The molecule has 5 heteroatoms. The molecule has 0 heterocycles. The first kappa shape index (κ1) is 17.8. The normalized spacial score (nSPS) is 12.2. The third-order valence-electron chi connectivity index (χ3n) is 2.68. The van der Waals surface area contributed by atoms with E-state index < -0.39 is 23.7 Å². The van der Waals surface area contributed by atoms with Crippen molar-refractivity contribution >= 4 is 18.1 Å². The molecule has 0 spiro atoms. The van der Waals surface area contributed by atoms with E-state index in [1.165, 1.54) is 0 Å². The molecule has 0 aliphatic carbocycles. The first-order chi connectivity index (χ1) is 10.2. The number of esters is 1. The van der Waals surface area contributed by atoms with Crippen LogP contribution in [-0.2, 0) is 20.9 Å². The average Bonchev–Trinajstić information content (AvgIpc) is 2.43. The van der Waals surface area contributed by atoms with Crippen LogP contribution in [0.1, 0.15) is 38.8 Å². The van der Waals surface area contributed by atoms with Gasteiger partial charge in [-0.25, -0.2) is 9.59 Å². The Kier molecular flexibility index (Phi) is 6.16. The molecule has 0 aliphatic rings. The maximum atomic E-state index is 11.8. The zero-order valence-electron chi connectivity index (χ0n) is 13.5. The van der Waals surface area contributed by atoms with Gasteiger partial charge in [-0.15, -0.1) is 0 Å². The van der Waals surface area contributed by atoms with Crippen LogP contribution in [-0.4, -0.2) is 23.7 Å². The van der Waals surface area contributed by atoms with Gasteiger partial charge in [0.25, 0.3) is 0 Å². The van der Waals surface area contributed by atoms with Crippen LogP contribution in [0.2, 0.25) is 0 Å². The lowest BCUT2D eigenvalue weighted by atomic mass is 10.1. The molecule has 0 aromatic heterocycles. The van der Waals surface area contributed by atoms with Gasteiger partial charge in [-0.3, -0.25) is 0 Å². The molecule has 0 unspecified atom stereocenters. The van der Waals surface area contributed by atoms with Crippen molar-refractivity contribution < 1.29 is 19.1 Å². The number of benzene rings is 1. The van der Waals surface area contributed by atoms with E-state index in [1.807, 2.05) is 24.3 Å². The van der Waals surface area contributed by atoms with Gasteiger partial charge in [0.1, 0.15) is 18.2 Å². The Morgan fingerprint density at radius 2 is 1.86 bits per heavy atom. The Balaban J connectivity index is 2.43. The SMILES string of the molecule is C=Cc1ccc(COC(=O)[C@H](C)NC(=O)OC(C)(C)C)cc1. The number of ether oxygens (including phenoxy) is 2. The minimum Gasteiger partial charge on any atom is -0.459 e. The molecule has 0 saturated heterocycles. The zero-order chi connectivity index (χ0) is 16.8. The van der Waals surface area contributed by atoms with Crippen LogP contribution in [0.15, 0.2) is 30.8 Å². The highest BCUT2D eigenvalue weighted by atomic mass is 16.6. The summed E-state index contributed by atoms with van der Waals surface area (Å²) in [4.78, 5) is 23.4. The molecule has 120 valence electrons. The lowest BCUT2D eigenvalue weighted by Crippen LogP contribution is -2.42. The molecule has 0 saturated carbocycles. The number of hydrogen-bond donors (Lipinski definition) is 1. The molecule has 0 bridgehead atoms. The molecule has 1 aromatic carbocycles. The maximum absolute atomic E-state index is 11.8. The molecule has 22 heavy (non-hydrogen) atoms. The molecule has 1 aromatic rings. The van der Waals surface area contributed by atoms with Gasteiger partial charge >= 0.3 is 12.1 Å². The number of amides is 1. The lowest BCUT2D eigenvalue weighted by molar-refractivity contribution is -0.147. The van der Waals surface area contributed by atoms with Crippen molar-refractivity contribution in [2.45, 2.75) is 45.9 Å². The Bertz CT molecular complexity index is 529. The van der Waals surface area contributed by atoms with Gasteiger partial charge in [0, 0.05) is 0 Å². The summed E-state index contributed by atoms with van der Waals surface area (Å²) < 4.78 is 10.2. The van der Waals surface area contributed by atoms with Gasteiger partial charge in [0.05, 0.1) is 0 Å². The monoisotopic (exact) mass is 305 g/mol. The van der Waals surface area contributed by atoms with Crippen molar-refractivity contribution in [2.24, 2.45) is 0 Å². The smallest absolute Gasteiger partial charge is 0.408 e. The number of carbonyl (C=O) groups is 2. The third-order valence-corrected chi connectivity index (χ3v) is 2.68. The van der Waals surface area contributed by atoms with Crippen LogP contribution in [0.3, 0.4) is 0 Å². The summed E-state index contributed by atoms with van der Waals surface area (Å²) >= 11 is 0. The number of nitrogens with one attached hydrogen (secondary N) is 1. The van der Waals surface area contributed by atoms with Crippen molar-refractivity contribution in [3.8, 4) is 0 Å². The summed E-state index contributed by atoms with van der Waals surface area (Å²) in [6.45, 7) is 10.6. The van der Waals surface area contributed by atoms with Gasteiger partial charge in [-0.2, -0.15) is 0 Å². The molecule has 1 amide bonds. The molecule has 1 atom stereocenters. The van der Waals surface area contributed by atoms with E-state index >= 15 is 0 Å². The van der Waals surface area contributed by atoms with Crippen molar-refractivity contribution in [1.82, 2.24) is 5.32 Å². The average molecular weight is 305 g/mol. The highest BCUT2D eigenvalue weighted by molar-refractivity contribution is 5.81. The van der Waals surface area contributed by atoms with Crippen LogP contribution in [0.5, 0.6) is 0 Å². The quantitative estimate of drug-likeness (QED) is 0.848. The van der Waals surface area contributed by atoms with Gasteiger partial charge in [0.2, 0.25) is 0 Å². The van der Waals surface area contributed by atoms with Crippen LogP contribution < -0.4 is 5.32 Å². The van der Waals surface area contributed by atoms with Crippen molar-refractivity contribution in [2.75, 3.05) is 0 Å². The predicted molar refractivity (Wildman–Crippen MR) is 85.2 cm³/mol. The minimum absolute atomic E-state index is 0.149. The Labute approximate surface area is 131 Å². The van der Waals surface area contributed by atoms with E-state index in [0.717, 1.165) is 11.1 Å². The standard InChI is InChI=1S/C17H23NO4/c1-6-13-7-9-14(10-8-13)11-21-15(19)12(2)18-16(20)22-17(3,4)5/h6-10,12H,1,11H2,2-5H3,(H,18,20)/t12-/m0/s1. The Morgan fingerprint density at radius 1 is 1.27 bits per heavy atom. The second-order valence-electron chi connectivity index (χ2n) is 5.92. The second kappa shape index (κ2) is 7.64. The van der Waals surface area contributed by atoms with E-state index in [0.29, 0.717) is 0 Å². The first-order valence-corrected chi connectivity index (χ1v) is 7.09. The van der Waals surface area contributed by atoms with Crippen molar-refractivity contribution in [3.05, 3.63) is 42.0 Å². The maximum Gasteiger partial charge on any atom is 0.408 e. The third kappa shape index (κ3) is 6.43. The van der Waals surface area contributed by atoms with E-state index in [4.69, 9.17) is 9.47 Å². The molecule has 1 rings (SSSR count). The van der Waals surface area contributed by atoms with E-state index in [-0.39, 0.29) is 6.61 Å². The number of carbonyl (C=O) groups excluding carboxylic acids is 2. The highest BCUT2D eigenvalue weighted by Crippen LogP contribution is 2.08. The largest absolute Gasteiger partial charge is 0.459 e. The summed E-state index contributed by atoms with van der Waals surface area (Å²) in [6, 6.07) is 6.71. The number of rotatable bonds is 5. The highest BCUT2D eigenvalue weighted by Gasteiger charge is 2.21. The fourth-order valence-electron chi connectivity index (χ4n) is 1.57. The molecule has 1 N–H and O–H groups in total. The van der Waals surface area contributed by atoms with Crippen LogP contribution in [0.4, 0.5) is 4.79 Å². The molecule has 5 nitrogen and oxygen atoms in total. The number of hydrogen-bond acceptors (Lipinski definition) is 4. The van der Waals surface area contributed by atoms with E-state index in [9.17, 15) is 9.59 Å². The predicted octanol–water partition coefficient (Wildman–Crippen LogP) is 3.29. The Morgan fingerprint density at radius 3 is 2.36 bits per heavy atom. The summed E-state index contributed by atoms with van der Waals surface area (Å²) in [7, 11) is 0. The van der Waals surface area contributed by atoms with Gasteiger partial charge in [-0.05, 0) is 38.8 Å². The summed E-state index contributed by atoms with van der Waals surface area (Å²) in [5.74, 6) is -0.515. The molecule has 0 aliphatic heterocycles. The zero-order valence-corrected chi connectivity index (χ0v) is 13.5. The van der Waals surface area contributed by atoms with Gasteiger partial charge in [0.15, 0.2) is 0 Å². The summed E-state index contributed by atoms with van der Waals surface area (Å²) in [5.41, 5.74) is 1.25. The van der Waals surface area contributed by atoms with Crippen LogP contribution >= 0.6 is 0 Å². The van der Waals surface area contributed by atoms with E-state index in [1.54, 1.807) is 33.8 Å². The van der Waals surface area contributed by atoms with E-state index in [2.05, 4.69) is 11.9 Å². The fourth-order valence-corrected chi connectivity index (χ4v) is 1.57. The fraction of sp³-hybridized carbons (Fsp3) is 0.412. The van der Waals surface area contributed by atoms with Crippen LogP contribution in [0, 0.1) is 0 Å². The van der Waals surface area contributed by atoms with Crippen molar-refractivity contribution in [1.29, 1.82) is 0 Å². The summed E-state index contributed by atoms with van der Waals surface area (Å²) in [5, 5.41) is 2.44. The van der Waals surface area contributed by atoms with Gasteiger partial charge in [-0.1, -0.05) is 36.9 Å². The molecule has 0 radical (unpaired) electrons. The topological polar surface area (TPSA) is 64.6 Å². The number of alkyl carbamates (subject to hydrolysis) is 1. The molecule has 0 fully saturated rings. The first-order valence-electron chi connectivity index (χ1n) is 7.09. The Hall–Kier alpha value is -2.30. The minimum atomic E-state index is -0.776. The second-order valence-corrected chi connectivity index (χ2v) is 5.92. The van der Waals surface area contributed by atoms with Crippen molar-refractivity contribution in [3.63, 3.8) is 0 Å². The molecular weight excluding hydrogens is 282 g/mol. The summed E-state index contributed by atoms with van der Waals surface area (Å²) in [6.07, 6.45) is 1.09. The van der Waals surface area contributed by atoms with Crippen LogP contribution in [0.25, 0.3) is 6.08 Å². The molecular formula is C17H23NO4. The lowest BCUT2D eigenvalue weighted by Gasteiger charge is -2.21.